The van der Waals surface area contributed by atoms with E-state index >= 15 is 0 Å². The summed E-state index contributed by atoms with van der Waals surface area (Å²) >= 11 is 0. The fraction of sp³-hybridized carbons (Fsp3) is 0.250. The number of hydrogen-bond acceptors (Lipinski definition) is 4. The van der Waals surface area contributed by atoms with E-state index in [2.05, 4.69) is 4.98 Å². The van der Waals surface area contributed by atoms with Gasteiger partial charge in [0.05, 0.1) is 18.1 Å². The SMILES string of the molecule is COC(=O)N1CCC(=O)n2c1nc1ccccc12. The highest BCUT2D eigenvalue weighted by Crippen LogP contribution is 2.26. The van der Waals surface area contributed by atoms with Gasteiger partial charge in [-0.05, 0) is 12.1 Å². The van der Waals surface area contributed by atoms with Crippen molar-refractivity contribution in [1.29, 1.82) is 0 Å². The molecule has 0 N–H and O–H groups in total. The molecule has 6 nitrogen and oxygen atoms in total. The van der Waals surface area contributed by atoms with Crippen LogP contribution in [0.5, 0.6) is 0 Å². The minimum atomic E-state index is -0.501. The number of carbonyl (C=O) groups is 2. The first kappa shape index (κ1) is 10.8. The molecule has 0 saturated carbocycles. The summed E-state index contributed by atoms with van der Waals surface area (Å²) in [4.78, 5) is 29.3. The number of nitrogens with zero attached hydrogens (tertiary/aromatic N) is 3. The number of ether oxygens (including phenoxy) is 1. The molecule has 1 aliphatic heterocycles. The Morgan fingerprint density at radius 1 is 1.39 bits per heavy atom. The first-order chi connectivity index (χ1) is 8.72. The van der Waals surface area contributed by atoms with Gasteiger partial charge >= 0.3 is 6.09 Å². The van der Waals surface area contributed by atoms with Gasteiger partial charge in [-0.2, -0.15) is 0 Å². The van der Waals surface area contributed by atoms with Gasteiger partial charge in [-0.3, -0.25) is 4.79 Å². The van der Waals surface area contributed by atoms with E-state index in [-0.39, 0.29) is 12.3 Å². The maximum absolute atomic E-state index is 12.0. The number of carbonyl (C=O) groups excluding carboxylic acids is 2. The largest absolute Gasteiger partial charge is 0.452 e. The Morgan fingerprint density at radius 2 is 2.17 bits per heavy atom. The Morgan fingerprint density at radius 3 is 2.94 bits per heavy atom. The van der Waals surface area contributed by atoms with Crippen LogP contribution in [0.2, 0.25) is 0 Å². The van der Waals surface area contributed by atoms with E-state index in [9.17, 15) is 9.59 Å². The second-order valence-electron chi connectivity index (χ2n) is 4.00. The third kappa shape index (κ3) is 1.38. The van der Waals surface area contributed by atoms with E-state index in [0.29, 0.717) is 23.5 Å². The highest BCUT2D eigenvalue weighted by molar-refractivity contribution is 6.00. The third-order valence-corrected chi connectivity index (χ3v) is 2.98. The average molecular weight is 245 g/mol. The summed E-state index contributed by atoms with van der Waals surface area (Å²) in [6.45, 7) is 0.300. The van der Waals surface area contributed by atoms with Crippen molar-refractivity contribution >= 4 is 29.0 Å². The summed E-state index contributed by atoms with van der Waals surface area (Å²) in [6.07, 6.45) is -0.235. The van der Waals surface area contributed by atoms with E-state index in [1.807, 2.05) is 24.3 Å². The predicted molar refractivity (Wildman–Crippen MR) is 64.7 cm³/mol. The third-order valence-electron chi connectivity index (χ3n) is 2.98. The van der Waals surface area contributed by atoms with Crippen LogP contribution in [-0.2, 0) is 4.74 Å². The lowest BCUT2D eigenvalue weighted by atomic mass is 10.3. The number of benzene rings is 1. The van der Waals surface area contributed by atoms with Gasteiger partial charge in [0.1, 0.15) is 0 Å². The van der Waals surface area contributed by atoms with Crippen molar-refractivity contribution in [2.45, 2.75) is 6.42 Å². The zero-order valence-corrected chi connectivity index (χ0v) is 9.79. The summed E-state index contributed by atoms with van der Waals surface area (Å²) in [7, 11) is 1.31. The van der Waals surface area contributed by atoms with Crippen molar-refractivity contribution in [2.24, 2.45) is 0 Å². The molecule has 0 saturated heterocycles. The second-order valence-corrected chi connectivity index (χ2v) is 4.00. The molecule has 92 valence electrons. The molecule has 0 aliphatic carbocycles. The van der Waals surface area contributed by atoms with Crippen LogP contribution in [0.25, 0.3) is 11.0 Å². The van der Waals surface area contributed by atoms with Gasteiger partial charge in [-0.1, -0.05) is 12.1 Å². The second kappa shape index (κ2) is 3.83. The average Bonchev–Trinajstić information content (AvgIpc) is 2.78. The molecule has 0 spiro atoms. The highest BCUT2D eigenvalue weighted by atomic mass is 16.5. The van der Waals surface area contributed by atoms with Crippen LogP contribution in [0.4, 0.5) is 10.7 Å². The lowest BCUT2D eigenvalue weighted by Gasteiger charge is -2.24. The summed E-state index contributed by atoms with van der Waals surface area (Å²) < 4.78 is 6.17. The molecule has 2 heterocycles. The molecule has 2 aromatic rings. The minimum Gasteiger partial charge on any atom is -0.452 e. The number of methoxy groups -OCH3 is 1. The van der Waals surface area contributed by atoms with Gasteiger partial charge in [-0.25, -0.2) is 19.2 Å². The molecule has 0 atom stereocenters. The molecular weight excluding hydrogens is 234 g/mol. The smallest absolute Gasteiger partial charge is 0.416 e. The summed E-state index contributed by atoms with van der Waals surface area (Å²) in [6, 6.07) is 7.30. The summed E-state index contributed by atoms with van der Waals surface area (Å²) in [5, 5.41) is 0. The Hall–Kier alpha value is -2.37. The lowest BCUT2D eigenvalue weighted by Crippen LogP contribution is -2.40. The molecule has 0 bridgehead atoms. The number of aromatic nitrogens is 2. The molecule has 3 rings (SSSR count). The van der Waals surface area contributed by atoms with Gasteiger partial charge in [0.2, 0.25) is 11.9 Å². The van der Waals surface area contributed by atoms with Crippen molar-refractivity contribution in [3.8, 4) is 0 Å². The van der Waals surface area contributed by atoms with Crippen LogP contribution in [0, 0.1) is 0 Å². The zero-order chi connectivity index (χ0) is 12.7. The molecule has 1 aromatic heterocycles. The fourth-order valence-electron chi connectivity index (χ4n) is 2.14. The number of imidazole rings is 1. The van der Waals surface area contributed by atoms with Crippen molar-refractivity contribution < 1.29 is 14.3 Å². The standard InChI is InChI=1S/C12H11N3O3/c1-18-12(17)14-7-6-10(16)15-9-5-3-2-4-8(9)13-11(14)15/h2-5H,6-7H2,1H3. The van der Waals surface area contributed by atoms with E-state index in [1.165, 1.54) is 16.6 Å². The minimum absolute atomic E-state index is 0.0566. The molecule has 1 aliphatic rings. The quantitative estimate of drug-likeness (QED) is 0.708. The Balaban J connectivity index is 2.24. The first-order valence-corrected chi connectivity index (χ1v) is 5.58. The lowest BCUT2D eigenvalue weighted by molar-refractivity contribution is 0.0900. The maximum atomic E-state index is 12.0. The van der Waals surface area contributed by atoms with Gasteiger partial charge in [0.25, 0.3) is 0 Å². The number of amides is 1. The number of hydrogen-bond donors (Lipinski definition) is 0. The van der Waals surface area contributed by atoms with E-state index in [1.54, 1.807) is 0 Å². The molecule has 18 heavy (non-hydrogen) atoms. The van der Waals surface area contributed by atoms with Crippen molar-refractivity contribution in [3.05, 3.63) is 24.3 Å². The van der Waals surface area contributed by atoms with Crippen molar-refractivity contribution in [2.75, 3.05) is 18.6 Å². The van der Waals surface area contributed by atoms with Crippen LogP contribution in [0.1, 0.15) is 11.2 Å². The normalized spacial score (nSPS) is 14.7. The van der Waals surface area contributed by atoms with Crippen LogP contribution < -0.4 is 4.90 Å². The molecule has 6 heteroatoms. The molecule has 0 fully saturated rings. The molecule has 1 aromatic carbocycles. The number of fused-ring (bicyclic) bond motifs is 3. The van der Waals surface area contributed by atoms with Gasteiger partial charge in [-0.15, -0.1) is 0 Å². The van der Waals surface area contributed by atoms with Gasteiger partial charge in [0.15, 0.2) is 0 Å². The Bertz CT molecular complexity index is 647. The number of para-hydroxylation sites is 2. The van der Waals surface area contributed by atoms with E-state index < -0.39 is 6.09 Å². The van der Waals surface area contributed by atoms with Crippen LogP contribution >= 0.6 is 0 Å². The number of anilines is 1. The van der Waals surface area contributed by atoms with Crippen molar-refractivity contribution in [3.63, 3.8) is 0 Å². The fourth-order valence-corrected chi connectivity index (χ4v) is 2.14. The van der Waals surface area contributed by atoms with Crippen LogP contribution in [0.3, 0.4) is 0 Å². The first-order valence-electron chi connectivity index (χ1n) is 5.58. The molecule has 1 amide bonds. The summed E-state index contributed by atoms with van der Waals surface area (Å²) in [5.74, 6) is 0.276. The predicted octanol–water partition coefficient (Wildman–Crippen LogP) is 1.65. The van der Waals surface area contributed by atoms with Crippen LogP contribution in [0.15, 0.2) is 24.3 Å². The molecule has 0 radical (unpaired) electrons. The van der Waals surface area contributed by atoms with Crippen LogP contribution in [-0.4, -0.2) is 35.2 Å². The Kier molecular flexibility index (Phi) is 2.29. The zero-order valence-electron chi connectivity index (χ0n) is 9.79. The molecule has 0 unspecified atom stereocenters. The maximum Gasteiger partial charge on any atom is 0.416 e. The highest BCUT2D eigenvalue weighted by Gasteiger charge is 2.30. The van der Waals surface area contributed by atoms with E-state index in [4.69, 9.17) is 4.74 Å². The van der Waals surface area contributed by atoms with Crippen molar-refractivity contribution in [1.82, 2.24) is 9.55 Å². The molecular formula is C12H11N3O3. The number of rotatable bonds is 0. The van der Waals surface area contributed by atoms with E-state index in [0.717, 1.165) is 0 Å². The Labute approximate surface area is 103 Å². The van der Waals surface area contributed by atoms with Gasteiger partial charge in [0, 0.05) is 13.0 Å². The van der Waals surface area contributed by atoms with Gasteiger partial charge < -0.3 is 4.74 Å². The topological polar surface area (TPSA) is 64.4 Å². The summed E-state index contributed by atoms with van der Waals surface area (Å²) in [5.41, 5.74) is 1.41. The monoisotopic (exact) mass is 245 g/mol.